The van der Waals surface area contributed by atoms with E-state index in [1.54, 1.807) is 0 Å². The van der Waals surface area contributed by atoms with Gasteiger partial charge in [0.1, 0.15) is 0 Å². The molecule has 0 fully saturated rings. The lowest BCUT2D eigenvalue weighted by molar-refractivity contribution is 1.36. The van der Waals surface area contributed by atoms with Crippen molar-refractivity contribution in [3.63, 3.8) is 0 Å². The van der Waals surface area contributed by atoms with E-state index in [4.69, 9.17) is 0 Å². The van der Waals surface area contributed by atoms with Crippen molar-refractivity contribution < 1.29 is 0 Å². The number of nitrogens with zero attached hydrogens (tertiary/aromatic N) is 1. The number of fused-ring (bicyclic) bond motifs is 1. The summed E-state index contributed by atoms with van der Waals surface area (Å²) in [5, 5.41) is 2.45. The van der Waals surface area contributed by atoms with Gasteiger partial charge in [0.2, 0.25) is 0 Å². The molecule has 72 valence electrons. The van der Waals surface area contributed by atoms with Crippen LogP contribution in [0.3, 0.4) is 0 Å². The predicted octanol–water partition coefficient (Wildman–Crippen LogP) is 3.97. The monoisotopic (exact) mass is 369 g/mol. The molecule has 2 aromatic rings. The van der Waals surface area contributed by atoms with Crippen molar-refractivity contribution in [1.82, 2.24) is 4.98 Å². The number of hydrogen-bond donors (Lipinski definition) is 0. The van der Waals surface area contributed by atoms with E-state index in [0.29, 0.717) is 0 Å². The van der Waals surface area contributed by atoms with E-state index >= 15 is 0 Å². The maximum Gasteiger partial charge on any atom is 0.0346 e. The van der Waals surface area contributed by atoms with Crippen LogP contribution in [-0.2, 0) is 0 Å². The van der Waals surface area contributed by atoms with Crippen LogP contribution in [0.2, 0.25) is 0 Å². The topological polar surface area (TPSA) is 12.9 Å². The molecule has 0 atom stereocenters. The van der Waals surface area contributed by atoms with E-state index in [1.807, 2.05) is 30.6 Å². The zero-order valence-corrected chi connectivity index (χ0v) is 11.9. The third-order valence-corrected chi connectivity index (χ3v) is 1.55. The Bertz CT molecular complexity index is 286. The lowest BCUT2D eigenvalue weighted by Crippen LogP contribution is -1.71. The lowest BCUT2D eigenvalue weighted by Gasteiger charge is -1.91. The highest BCUT2D eigenvalue weighted by atomic mass is 79.9. The van der Waals surface area contributed by atoms with Crippen LogP contribution in [-0.4, -0.2) is 4.98 Å². The van der Waals surface area contributed by atoms with Crippen LogP contribution in [0.25, 0.3) is 10.8 Å². The molecule has 0 unspecified atom stereocenters. The van der Waals surface area contributed by atoms with E-state index in [2.05, 4.69) is 17.1 Å². The fraction of sp³-hybridized carbons (Fsp3) is 0. The lowest BCUT2D eigenvalue weighted by atomic mass is 10.2. The van der Waals surface area contributed by atoms with Gasteiger partial charge in [-0.3, -0.25) is 4.98 Å². The van der Waals surface area contributed by atoms with Gasteiger partial charge in [0.15, 0.2) is 0 Å². The van der Waals surface area contributed by atoms with Gasteiger partial charge in [-0.05, 0) is 16.8 Å². The number of pyridine rings is 1. The summed E-state index contributed by atoms with van der Waals surface area (Å²) in [6.45, 7) is 0. The Morgan fingerprint density at radius 1 is 0.769 bits per heavy atom. The van der Waals surface area contributed by atoms with Gasteiger partial charge in [0.05, 0.1) is 0 Å². The van der Waals surface area contributed by atoms with Crippen LogP contribution in [0.15, 0.2) is 42.7 Å². The fourth-order valence-electron chi connectivity index (χ4n) is 1.03. The third-order valence-electron chi connectivity index (χ3n) is 1.55. The van der Waals surface area contributed by atoms with E-state index < -0.39 is 0 Å². The summed E-state index contributed by atoms with van der Waals surface area (Å²) in [4.78, 5) is 4.01. The first kappa shape index (κ1) is 15.5. The molecule has 0 aliphatic rings. The average Bonchev–Trinajstić information content (AvgIpc) is 2.05. The highest BCUT2D eigenvalue weighted by Gasteiger charge is 1.86. The molecule has 1 nitrogen and oxygen atoms in total. The number of aromatic nitrogens is 1. The van der Waals surface area contributed by atoms with Gasteiger partial charge >= 0.3 is 0 Å². The van der Waals surface area contributed by atoms with Crippen molar-refractivity contribution in [2.24, 2.45) is 0 Å². The summed E-state index contributed by atoms with van der Waals surface area (Å²) in [5.74, 6) is 0. The standard InChI is InChI=1S/C9H7N.3BrH/c1-2-4-9-7-10-6-5-8(9)3-1;;;/h1-7H;3*1H. The van der Waals surface area contributed by atoms with Crippen LogP contribution < -0.4 is 0 Å². The molecule has 0 amide bonds. The van der Waals surface area contributed by atoms with E-state index in [1.165, 1.54) is 10.8 Å². The smallest absolute Gasteiger partial charge is 0.0346 e. The number of halogens is 3. The molecule has 4 heteroatoms. The predicted molar refractivity (Wildman–Crippen MR) is 72.7 cm³/mol. The number of rotatable bonds is 0. The van der Waals surface area contributed by atoms with Crippen LogP contribution in [0.5, 0.6) is 0 Å². The Labute approximate surface area is 109 Å². The van der Waals surface area contributed by atoms with Crippen LogP contribution in [0.1, 0.15) is 0 Å². The molecule has 0 aliphatic heterocycles. The average molecular weight is 372 g/mol. The van der Waals surface area contributed by atoms with E-state index in [0.717, 1.165) is 0 Å². The molecular formula is C9H10Br3N. The van der Waals surface area contributed by atoms with Gasteiger partial charge in [-0.2, -0.15) is 0 Å². The molecule has 0 aliphatic carbocycles. The summed E-state index contributed by atoms with van der Waals surface area (Å²) in [6, 6.07) is 10.2. The second-order valence-electron chi connectivity index (χ2n) is 2.22. The molecule has 0 N–H and O–H groups in total. The van der Waals surface area contributed by atoms with Gasteiger partial charge in [-0.25, -0.2) is 0 Å². The minimum Gasteiger partial charge on any atom is -0.264 e. The van der Waals surface area contributed by atoms with Crippen LogP contribution >= 0.6 is 50.9 Å². The first-order chi connectivity index (χ1) is 4.97. The maximum absolute atomic E-state index is 4.01. The van der Waals surface area contributed by atoms with Crippen molar-refractivity contribution in [1.29, 1.82) is 0 Å². The first-order valence-corrected chi connectivity index (χ1v) is 3.25. The Balaban J connectivity index is 0. The molecule has 0 saturated heterocycles. The Hall–Kier alpha value is 0.0700. The molecule has 0 spiro atoms. The van der Waals surface area contributed by atoms with Crippen molar-refractivity contribution in [3.05, 3.63) is 42.7 Å². The number of benzene rings is 1. The maximum atomic E-state index is 4.01. The zero-order chi connectivity index (χ0) is 6.81. The van der Waals surface area contributed by atoms with Gasteiger partial charge in [0.25, 0.3) is 0 Å². The normalized spacial score (nSPS) is 7.69. The number of hydrogen-bond acceptors (Lipinski definition) is 1. The van der Waals surface area contributed by atoms with Gasteiger partial charge in [-0.15, -0.1) is 50.9 Å². The Kier molecular flexibility index (Phi) is 8.93. The highest BCUT2D eigenvalue weighted by molar-refractivity contribution is 8.93. The third kappa shape index (κ3) is 3.75. The second kappa shape index (κ2) is 7.47. The minimum atomic E-state index is 0. The first-order valence-electron chi connectivity index (χ1n) is 3.25. The van der Waals surface area contributed by atoms with Crippen molar-refractivity contribution >= 4 is 61.7 Å². The van der Waals surface area contributed by atoms with Crippen molar-refractivity contribution in [2.45, 2.75) is 0 Å². The largest absolute Gasteiger partial charge is 0.264 e. The summed E-state index contributed by atoms with van der Waals surface area (Å²) < 4.78 is 0. The molecule has 1 aromatic heterocycles. The summed E-state index contributed by atoms with van der Waals surface area (Å²) in [6.07, 6.45) is 3.68. The van der Waals surface area contributed by atoms with Crippen molar-refractivity contribution in [3.8, 4) is 0 Å². The molecule has 13 heavy (non-hydrogen) atoms. The molecule has 1 heterocycles. The SMILES string of the molecule is Br.Br.Br.c1ccc2cnccc2c1. The van der Waals surface area contributed by atoms with Crippen LogP contribution in [0, 0.1) is 0 Å². The molecular weight excluding hydrogens is 362 g/mol. The van der Waals surface area contributed by atoms with Gasteiger partial charge in [-0.1, -0.05) is 24.3 Å². The molecule has 1 aromatic carbocycles. The molecule has 0 radical (unpaired) electrons. The Morgan fingerprint density at radius 3 is 2.00 bits per heavy atom. The summed E-state index contributed by atoms with van der Waals surface area (Å²) in [5.41, 5.74) is 0. The Morgan fingerprint density at radius 2 is 1.38 bits per heavy atom. The highest BCUT2D eigenvalue weighted by Crippen LogP contribution is 2.09. The fourth-order valence-corrected chi connectivity index (χ4v) is 1.03. The summed E-state index contributed by atoms with van der Waals surface area (Å²) in [7, 11) is 0. The quantitative estimate of drug-likeness (QED) is 0.683. The second-order valence-corrected chi connectivity index (χ2v) is 2.22. The minimum absolute atomic E-state index is 0. The van der Waals surface area contributed by atoms with Gasteiger partial charge in [0, 0.05) is 12.4 Å². The molecule has 2 rings (SSSR count). The van der Waals surface area contributed by atoms with E-state index in [-0.39, 0.29) is 50.9 Å². The molecule has 0 saturated carbocycles. The van der Waals surface area contributed by atoms with Crippen LogP contribution in [0.4, 0.5) is 0 Å². The zero-order valence-electron chi connectivity index (χ0n) is 6.71. The van der Waals surface area contributed by atoms with E-state index in [9.17, 15) is 0 Å². The van der Waals surface area contributed by atoms with Gasteiger partial charge < -0.3 is 0 Å². The molecule has 0 bridgehead atoms. The summed E-state index contributed by atoms with van der Waals surface area (Å²) >= 11 is 0. The van der Waals surface area contributed by atoms with Crippen molar-refractivity contribution in [2.75, 3.05) is 0 Å².